The fraction of sp³-hybridized carbons (Fsp3) is 0.250. The summed E-state index contributed by atoms with van der Waals surface area (Å²) >= 11 is 5.88. The maximum atomic E-state index is 11.1. The van der Waals surface area contributed by atoms with Gasteiger partial charge < -0.3 is 15.2 Å². The minimum atomic E-state index is -1.29. The van der Waals surface area contributed by atoms with E-state index < -0.39 is 11.6 Å². The summed E-state index contributed by atoms with van der Waals surface area (Å²) in [7, 11) is 0. The number of carbonyl (C=O) groups is 1. The third-order valence-electron chi connectivity index (χ3n) is 3.80. The fourth-order valence-corrected chi connectivity index (χ4v) is 2.38. The Labute approximate surface area is 163 Å². The zero-order valence-corrected chi connectivity index (χ0v) is 15.8. The highest BCUT2D eigenvalue weighted by Crippen LogP contribution is 2.19. The van der Waals surface area contributed by atoms with Gasteiger partial charge in [0.15, 0.2) is 5.60 Å². The van der Waals surface area contributed by atoms with Crippen LogP contribution in [0.25, 0.3) is 0 Å². The third kappa shape index (κ3) is 6.01. The van der Waals surface area contributed by atoms with E-state index in [1.807, 2.05) is 12.1 Å². The van der Waals surface area contributed by atoms with Crippen LogP contribution in [0.1, 0.15) is 25.0 Å². The molecule has 0 unspecified atom stereocenters. The highest BCUT2D eigenvalue weighted by molar-refractivity contribution is 6.30. The fourth-order valence-electron chi connectivity index (χ4n) is 2.25. The van der Waals surface area contributed by atoms with Crippen LogP contribution in [-0.4, -0.2) is 29.1 Å². The number of aliphatic imine (C=N–C) groups is 1. The first-order chi connectivity index (χ1) is 12.8. The van der Waals surface area contributed by atoms with Crippen LogP contribution in [0, 0.1) is 11.5 Å². The maximum Gasteiger partial charge on any atom is 0.347 e. The highest BCUT2D eigenvalue weighted by atomic mass is 35.5. The van der Waals surface area contributed by atoms with Gasteiger partial charge in [-0.25, -0.2) is 4.79 Å². The van der Waals surface area contributed by atoms with Gasteiger partial charge in [-0.15, -0.1) is 0 Å². The normalized spacial score (nSPS) is 11.6. The lowest BCUT2D eigenvalue weighted by Gasteiger charge is -2.21. The van der Waals surface area contributed by atoms with E-state index in [9.17, 15) is 4.79 Å². The number of hydrogen-bond donors (Lipinski definition) is 2. The Hall–Kier alpha value is -3.04. The van der Waals surface area contributed by atoms with Crippen LogP contribution in [0.15, 0.2) is 53.5 Å². The molecule has 0 fully saturated rings. The number of carboxylic acid groups (broad SMARTS) is 1. The van der Waals surface area contributed by atoms with E-state index >= 15 is 0 Å². The van der Waals surface area contributed by atoms with E-state index in [0.29, 0.717) is 29.6 Å². The van der Waals surface area contributed by atoms with Gasteiger partial charge in [0.05, 0.1) is 0 Å². The van der Waals surface area contributed by atoms with Crippen LogP contribution in [-0.2, 0) is 11.2 Å². The molecule has 6 nitrogen and oxygen atoms in total. The lowest BCUT2D eigenvalue weighted by molar-refractivity contribution is -0.152. The lowest BCUT2D eigenvalue weighted by atomic mass is 10.1. The first-order valence-corrected chi connectivity index (χ1v) is 8.67. The van der Waals surface area contributed by atoms with Gasteiger partial charge in [-0.05, 0) is 62.2 Å². The molecule has 2 rings (SSSR count). The van der Waals surface area contributed by atoms with Crippen molar-refractivity contribution < 1.29 is 14.6 Å². The zero-order valence-electron chi connectivity index (χ0n) is 15.1. The number of hydrogen-bond acceptors (Lipinski definition) is 4. The molecule has 2 aromatic carbocycles. The molecule has 0 aliphatic rings. The van der Waals surface area contributed by atoms with Crippen LogP contribution < -0.4 is 10.1 Å². The summed E-state index contributed by atoms with van der Waals surface area (Å²) in [5.41, 5.74) is 0.528. The molecule has 2 N–H and O–H groups in total. The Kier molecular flexibility index (Phi) is 6.80. The van der Waals surface area contributed by atoms with Crippen molar-refractivity contribution in [2.75, 3.05) is 6.54 Å². The van der Waals surface area contributed by atoms with Crippen molar-refractivity contribution in [2.45, 2.75) is 25.9 Å². The molecular weight excluding hydrogens is 366 g/mol. The molecule has 0 spiro atoms. The number of nitriles is 1. The second kappa shape index (κ2) is 9.06. The largest absolute Gasteiger partial charge is 0.478 e. The molecule has 27 heavy (non-hydrogen) atoms. The Bertz CT molecular complexity index is 854. The highest BCUT2D eigenvalue weighted by Gasteiger charge is 2.29. The predicted octanol–water partition coefficient (Wildman–Crippen LogP) is 3.64. The van der Waals surface area contributed by atoms with Crippen molar-refractivity contribution in [3.63, 3.8) is 0 Å². The van der Waals surface area contributed by atoms with Crippen LogP contribution in [0.5, 0.6) is 5.75 Å². The Morgan fingerprint density at radius 1 is 1.22 bits per heavy atom. The van der Waals surface area contributed by atoms with E-state index in [0.717, 1.165) is 11.1 Å². The number of aliphatic carboxylic acids is 1. The monoisotopic (exact) mass is 385 g/mol. The maximum absolute atomic E-state index is 11.1. The first kappa shape index (κ1) is 20.3. The van der Waals surface area contributed by atoms with E-state index in [4.69, 9.17) is 26.7 Å². The summed E-state index contributed by atoms with van der Waals surface area (Å²) in [6.45, 7) is 3.57. The van der Waals surface area contributed by atoms with Gasteiger partial charge in [-0.3, -0.25) is 0 Å². The number of ether oxygens (including phenoxy) is 1. The molecule has 0 atom stereocenters. The van der Waals surface area contributed by atoms with Crippen molar-refractivity contribution >= 4 is 23.4 Å². The smallest absolute Gasteiger partial charge is 0.347 e. The number of nitrogens with one attached hydrogen (secondary N) is 1. The number of amidine groups is 1. The average molecular weight is 386 g/mol. The van der Waals surface area contributed by atoms with Crippen LogP contribution in [0.3, 0.4) is 0 Å². The van der Waals surface area contributed by atoms with Gasteiger partial charge in [0.25, 0.3) is 0 Å². The number of benzene rings is 2. The van der Waals surface area contributed by atoms with E-state index in [1.165, 1.54) is 13.8 Å². The van der Waals surface area contributed by atoms with Gasteiger partial charge in [0.2, 0.25) is 6.19 Å². The summed E-state index contributed by atoms with van der Waals surface area (Å²) in [6, 6.07) is 14.3. The Balaban J connectivity index is 1.94. The van der Waals surface area contributed by atoms with Crippen molar-refractivity contribution in [1.29, 1.82) is 5.26 Å². The minimum Gasteiger partial charge on any atom is -0.478 e. The molecule has 2 aromatic rings. The topological polar surface area (TPSA) is 94.7 Å². The molecule has 0 aliphatic carbocycles. The average Bonchev–Trinajstić information content (AvgIpc) is 2.63. The van der Waals surface area contributed by atoms with Crippen molar-refractivity contribution in [2.24, 2.45) is 4.99 Å². The zero-order chi connectivity index (χ0) is 19.9. The third-order valence-corrected chi connectivity index (χ3v) is 4.05. The summed E-state index contributed by atoms with van der Waals surface area (Å²) in [6.07, 6.45) is 2.49. The van der Waals surface area contributed by atoms with Gasteiger partial charge in [-0.1, -0.05) is 23.7 Å². The summed E-state index contributed by atoms with van der Waals surface area (Å²) in [4.78, 5) is 14.9. The standard InChI is InChI=1S/C20H20ClN3O3/c1-20(2,19(25)26)27-17-9-3-14(4-10-17)11-12-23-18(24-13-22)15-5-7-16(21)8-6-15/h3-10H,11-12H2,1-2H3,(H,23,24)(H,25,26). The Morgan fingerprint density at radius 2 is 1.85 bits per heavy atom. The Morgan fingerprint density at radius 3 is 2.41 bits per heavy atom. The summed E-state index contributed by atoms with van der Waals surface area (Å²) < 4.78 is 5.48. The first-order valence-electron chi connectivity index (χ1n) is 8.30. The summed E-state index contributed by atoms with van der Waals surface area (Å²) in [5.74, 6) is -0.0494. The second-order valence-corrected chi connectivity index (χ2v) is 6.74. The predicted molar refractivity (Wildman–Crippen MR) is 104 cm³/mol. The van der Waals surface area contributed by atoms with E-state index in [-0.39, 0.29) is 0 Å². The SMILES string of the molecule is CC(C)(Oc1ccc(CCN/C(=N\C#N)c2ccc(Cl)cc2)cc1)C(=O)O. The van der Waals surface area contributed by atoms with Gasteiger partial charge in [0, 0.05) is 17.1 Å². The molecule has 0 aliphatic heterocycles. The number of nitrogens with zero attached hydrogens (tertiary/aromatic N) is 2. The van der Waals surface area contributed by atoms with Crippen LogP contribution in [0.2, 0.25) is 5.02 Å². The molecule has 0 amide bonds. The van der Waals surface area contributed by atoms with Crippen molar-refractivity contribution in [3.05, 3.63) is 64.7 Å². The molecule has 140 valence electrons. The van der Waals surface area contributed by atoms with Crippen LogP contribution in [0.4, 0.5) is 0 Å². The van der Waals surface area contributed by atoms with E-state index in [2.05, 4.69) is 10.3 Å². The van der Waals surface area contributed by atoms with Gasteiger partial charge >= 0.3 is 5.97 Å². The van der Waals surface area contributed by atoms with Crippen molar-refractivity contribution in [1.82, 2.24) is 5.32 Å². The molecule has 0 saturated heterocycles. The minimum absolute atomic E-state index is 0.484. The van der Waals surface area contributed by atoms with E-state index in [1.54, 1.807) is 42.6 Å². The molecule has 0 saturated carbocycles. The number of carboxylic acids is 1. The quantitative estimate of drug-likeness (QED) is 0.431. The summed E-state index contributed by atoms with van der Waals surface area (Å²) in [5, 5.41) is 21.7. The molecule has 0 aromatic heterocycles. The van der Waals surface area contributed by atoms with Gasteiger partial charge in [0.1, 0.15) is 11.6 Å². The van der Waals surface area contributed by atoms with Crippen molar-refractivity contribution in [3.8, 4) is 11.9 Å². The van der Waals surface area contributed by atoms with Gasteiger partial charge in [-0.2, -0.15) is 10.3 Å². The molecule has 0 heterocycles. The number of rotatable bonds is 7. The van der Waals surface area contributed by atoms with Crippen LogP contribution >= 0.6 is 11.6 Å². The molecule has 0 bridgehead atoms. The molecule has 7 heteroatoms. The lowest BCUT2D eigenvalue weighted by Crippen LogP contribution is -2.37. The molecular formula is C20H20ClN3O3. The number of halogens is 1. The second-order valence-electron chi connectivity index (χ2n) is 6.31. The molecule has 0 radical (unpaired) electrons.